The lowest BCUT2D eigenvalue weighted by molar-refractivity contribution is -0.142. The first-order valence-corrected chi connectivity index (χ1v) is 7.66. The number of carbonyl (C=O) groups excluding carboxylic acids is 1. The van der Waals surface area contributed by atoms with E-state index in [4.69, 9.17) is 9.47 Å². The van der Waals surface area contributed by atoms with Gasteiger partial charge in [0.2, 0.25) is 0 Å². The first-order valence-electron chi connectivity index (χ1n) is 7.66. The highest BCUT2D eigenvalue weighted by Crippen LogP contribution is 2.37. The molecule has 0 bridgehead atoms. The zero-order chi connectivity index (χ0) is 20.6. The van der Waals surface area contributed by atoms with Crippen LogP contribution in [0, 0.1) is 17.5 Å². The van der Waals surface area contributed by atoms with Gasteiger partial charge < -0.3 is 9.47 Å². The van der Waals surface area contributed by atoms with Gasteiger partial charge in [-0.05, 0) is 41.8 Å². The highest BCUT2D eigenvalue weighted by molar-refractivity contribution is 5.92. The summed E-state index contributed by atoms with van der Waals surface area (Å²) in [6.45, 7) is 0. The number of hydrogen-bond acceptors (Lipinski definition) is 3. The number of fused-ring (bicyclic) bond motifs is 1. The molecular formula is C19H10F6O3. The average Bonchev–Trinajstić information content (AvgIpc) is 2.59. The predicted molar refractivity (Wildman–Crippen MR) is 86.8 cm³/mol. The number of carbonyl (C=O) groups is 1. The van der Waals surface area contributed by atoms with Crippen LogP contribution < -0.4 is 9.47 Å². The van der Waals surface area contributed by atoms with Gasteiger partial charge in [0.05, 0.1) is 12.7 Å². The molecule has 0 spiro atoms. The third kappa shape index (κ3) is 3.60. The van der Waals surface area contributed by atoms with Crippen molar-refractivity contribution in [3.63, 3.8) is 0 Å². The molecule has 0 aromatic heterocycles. The molecule has 0 atom stereocenters. The fourth-order valence-electron chi connectivity index (χ4n) is 2.58. The van der Waals surface area contributed by atoms with E-state index in [1.54, 1.807) is 0 Å². The van der Waals surface area contributed by atoms with Crippen LogP contribution >= 0.6 is 0 Å². The highest BCUT2D eigenvalue weighted by atomic mass is 19.4. The molecule has 0 heterocycles. The lowest BCUT2D eigenvalue weighted by Gasteiger charge is -2.12. The van der Waals surface area contributed by atoms with Crippen LogP contribution in [0.1, 0.15) is 15.9 Å². The van der Waals surface area contributed by atoms with Gasteiger partial charge in [0.1, 0.15) is 34.5 Å². The summed E-state index contributed by atoms with van der Waals surface area (Å²) in [7, 11) is 1.31. The number of rotatable bonds is 3. The van der Waals surface area contributed by atoms with E-state index in [2.05, 4.69) is 0 Å². The molecule has 0 amide bonds. The van der Waals surface area contributed by atoms with Gasteiger partial charge in [-0.2, -0.15) is 13.2 Å². The molecule has 0 N–H and O–H groups in total. The number of hydrogen-bond donors (Lipinski definition) is 0. The predicted octanol–water partition coefficient (Wildman–Crippen LogP) is 5.50. The third-order valence-corrected chi connectivity index (χ3v) is 3.89. The zero-order valence-electron chi connectivity index (χ0n) is 14.0. The second-order valence-electron chi connectivity index (χ2n) is 5.66. The van der Waals surface area contributed by atoms with Gasteiger partial charge in [0.25, 0.3) is 0 Å². The first-order chi connectivity index (χ1) is 13.1. The van der Waals surface area contributed by atoms with E-state index in [1.165, 1.54) is 13.2 Å². The monoisotopic (exact) mass is 400 g/mol. The molecule has 3 aromatic rings. The van der Waals surface area contributed by atoms with E-state index in [-0.39, 0.29) is 16.9 Å². The summed E-state index contributed by atoms with van der Waals surface area (Å²) in [5.74, 6) is -5.66. The quantitative estimate of drug-likeness (QED) is 0.331. The van der Waals surface area contributed by atoms with Crippen molar-refractivity contribution in [1.82, 2.24) is 0 Å². The van der Waals surface area contributed by atoms with Crippen molar-refractivity contribution in [3.8, 4) is 11.5 Å². The number of ether oxygens (including phenoxy) is 2. The van der Waals surface area contributed by atoms with Crippen molar-refractivity contribution in [2.45, 2.75) is 6.18 Å². The van der Waals surface area contributed by atoms with Gasteiger partial charge >= 0.3 is 12.1 Å². The smallest absolute Gasteiger partial charge is 0.422 e. The number of alkyl halides is 3. The normalized spacial score (nSPS) is 11.5. The molecule has 0 fully saturated rings. The van der Waals surface area contributed by atoms with Gasteiger partial charge in [-0.3, -0.25) is 0 Å². The molecule has 0 saturated carbocycles. The van der Waals surface area contributed by atoms with Crippen LogP contribution in [-0.4, -0.2) is 13.1 Å². The molecule has 28 heavy (non-hydrogen) atoms. The van der Waals surface area contributed by atoms with Crippen LogP contribution in [-0.2, 0) is 6.18 Å². The summed E-state index contributed by atoms with van der Waals surface area (Å²) in [6.07, 6.45) is -5.21. The Morgan fingerprint density at radius 1 is 0.893 bits per heavy atom. The molecule has 0 saturated heterocycles. The molecule has 0 aliphatic rings. The minimum absolute atomic E-state index is 0.172. The molecule has 3 nitrogen and oxygen atoms in total. The van der Waals surface area contributed by atoms with Crippen molar-refractivity contribution in [3.05, 3.63) is 71.0 Å². The molecule has 3 rings (SSSR count). The molecule has 0 radical (unpaired) electrons. The Hall–Kier alpha value is -3.23. The second kappa shape index (κ2) is 7.06. The lowest BCUT2D eigenvalue weighted by Crippen LogP contribution is -2.12. The molecule has 146 valence electrons. The molecule has 3 aromatic carbocycles. The Bertz CT molecular complexity index is 1080. The van der Waals surface area contributed by atoms with Crippen molar-refractivity contribution in [1.29, 1.82) is 0 Å². The van der Waals surface area contributed by atoms with Crippen LogP contribution in [0.2, 0.25) is 0 Å². The third-order valence-electron chi connectivity index (χ3n) is 3.89. The fraction of sp³-hybridized carbons (Fsp3) is 0.105. The van der Waals surface area contributed by atoms with Gasteiger partial charge in [-0.1, -0.05) is 0 Å². The van der Waals surface area contributed by atoms with E-state index in [1.807, 2.05) is 0 Å². The number of benzene rings is 3. The van der Waals surface area contributed by atoms with E-state index in [0.29, 0.717) is 6.07 Å². The Balaban J connectivity index is 1.96. The highest BCUT2D eigenvalue weighted by Gasteiger charge is 2.38. The largest absolute Gasteiger partial charge is 0.497 e. The minimum Gasteiger partial charge on any atom is -0.497 e. The average molecular weight is 400 g/mol. The Labute approximate surface area is 154 Å². The topological polar surface area (TPSA) is 35.5 Å². The SMILES string of the molecule is COc1ccc(C(=O)Oc2ccc3c(F)c(C(F)(F)F)c(F)cc3c2)c(F)c1. The molecule has 9 heteroatoms. The maximum atomic E-state index is 14.1. The van der Waals surface area contributed by atoms with Crippen LogP contribution in [0.25, 0.3) is 10.8 Å². The van der Waals surface area contributed by atoms with E-state index in [9.17, 15) is 31.1 Å². The van der Waals surface area contributed by atoms with Crippen molar-refractivity contribution in [2.75, 3.05) is 7.11 Å². The maximum absolute atomic E-state index is 14.1. The van der Waals surface area contributed by atoms with Crippen LogP contribution in [0.4, 0.5) is 26.3 Å². The van der Waals surface area contributed by atoms with Crippen molar-refractivity contribution < 1.29 is 40.6 Å². The molecular weight excluding hydrogens is 390 g/mol. The Morgan fingerprint density at radius 2 is 1.57 bits per heavy atom. The summed E-state index contributed by atoms with van der Waals surface area (Å²) in [5, 5.41) is -0.771. The first kappa shape index (κ1) is 19.5. The summed E-state index contributed by atoms with van der Waals surface area (Å²) in [6, 6.07) is 6.78. The van der Waals surface area contributed by atoms with E-state index in [0.717, 1.165) is 30.3 Å². The van der Waals surface area contributed by atoms with Gasteiger partial charge in [-0.15, -0.1) is 0 Å². The molecule has 0 aliphatic carbocycles. The lowest BCUT2D eigenvalue weighted by atomic mass is 10.0. The van der Waals surface area contributed by atoms with E-state index >= 15 is 0 Å². The van der Waals surface area contributed by atoms with Crippen molar-refractivity contribution >= 4 is 16.7 Å². The van der Waals surface area contributed by atoms with Crippen LogP contribution in [0.5, 0.6) is 11.5 Å². The van der Waals surface area contributed by atoms with Crippen molar-refractivity contribution in [2.24, 2.45) is 0 Å². The minimum atomic E-state index is -5.21. The number of esters is 1. The van der Waals surface area contributed by atoms with Gasteiger partial charge in [0.15, 0.2) is 0 Å². The maximum Gasteiger partial charge on any atom is 0.422 e. The van der Waals surface area contributed by atoms with Crippen LogP contribution in [0.3, 0.4) is 0 Å². The Kier molecular flexibility index (Phi) is 4.93. The zero-order valence-corrected chi connectivity index (χ0v) is 14.0. The molecule has 0 unspecified atom stereocenters. The molecule has 0 aliphatic heterocycles. The van der Waals surface area contributed by atoms with Crippen LogP contribution in [0.15, 0.2) is 42.5 Å². The number of methoxy groups -OCH3 is 1. The van der Waals surface area contributed by atoms with Gasteiger partial charge in [-0.25, -0.2) is 18.0 Å². The van der Waals surface area contributed by atoms with E-state index < -0.39 is 46.1 Å². The van der Waals surface area contributed by atoms with Gasteiger partial charge in [0, 0.05) is 11.5 Å². The summed E-state index contributed by atoms with van der Waals surface area (Å²) in [5.41, 5.74) is -2.43. The summed E-state index contributed by atoms with van der Waals surface area (Å²) >= 11 is 0. The standard InChI is InChI=1S/C19H10F6O3/c1-27-10-2-5-13(14(20)8-10)18(26)28-11-3-4-12-9(6-11)7-15(21)16(17(12)22)19(23,24)25/h2-8H,1H3. The fourth-order valence-corrected chi connectivity index (χ4v) is 2.58. The number of halogens is 6. The summed E-state index contributed by atoms with van der Waals surface area (Å²) in [4.78, 5) is 12.1. The Morgan fingerprint density at radius 3 is 2.18 bits per heavy atom. The second-order valence-corrected chi connectivity index (χ2v) is 5.66. The summed E-state index contributed by atoms with van der Waals surface area (Å²) < 4.78 is 89.8.